The predicted molar refractivity (Wildman–Crippen MR) is 126 cm³/mol. The lowest BCUT2D eigenvalue weighted by molar-refractivity contribution is 0.415. The van der Waals surface area contributed by atoms with Crippen molar-refractivity contribution in [2.75, 3.05) is 19.0 Å². The van der Waals surface area contributed by atoms with Gasteiger partial charge < -0.3 is 19.6 Å². The maximum atomic E-state index is 13.8. The third kappa shape index (κ3) is 3.97. The summed E-state index contributed by atoms with van der Waals surface area (Å²) in [7, 11) is 1.66. The molecule has 0 saturated heterocycles. The monoisotopic (exact) mass is 445 g/mol. The zero-order valence-electron chi connectivity index (χ0n) is 18.6. The molecule has 9 heteroatoms. The van der Waals surface area contributed by atoms with Gasteiger partial charge in [0, 0.05) is 41.4 Å². The standard InChI is InChI=1S/C24H24FN7O/c1-14(2)32-13-29-21-23(30-22(31-24(21)32)16-8-17(25)12-26-10-16)27-7-6-15-11-28-20-5-4-18(33-3)9-19(15)20/h4-5,8-14,28H,6-7H2,1-3H3,(H,27,30,31). The summed E-state index contributed by atoms with van der Waals surface area (Å²) < 4.78 is 21.1. The number of pyridine rings is 1. The number of rotatable bonds is 7. The normalized spacial score (nSPS) is 11.5. The van der Waals surface area contributed by atoms with E-state index >= 15 is 0 Å². The van der Waals surface area contributed by atoms with Crippen LogP contribution in [-0.4, -0.2) is 43.1 Å². The van der Waals surface area contributed by atoms with Gasteiger partial charge in [-0.05, 0) is 50.1 Å². The van der Waals surface area contributed by atoms with Crippen LogP contribution in [0.5, 0.6) is 5.75 Å². The van der Waals surface area contributed by atoms with Crippen LogP contribution in [0.3, 0.4) is 0 Å². The van der Waals surface area contributed by atoms with Gasteiger partial charge in [-0.3, -0.25) is 4.98 Å². The molecule has 0 amide bonds. The molecule has 0 bridgehead atoms. The first-order chi connectivity index (χ1) is 16.0. The molecule has 0 spiro atoms. The molecule has 4 aromatic heterocycles. The van der Waals surface area contributed by atoms with Crippen LogP contribution in [0.2, 0.25) is 0 Å². The number of H-pyrrole nitrogens is 1. The Hall–Kier alpha value is -4.01. The second-order valence-corrected chi connectivity index (χ2v) is 8.11. The Balaban J connectivity index is 1.47. The maximum absolute atomic E-state index is 13.8. The summed E-state index contributed by atoms with van der Waals surface area (Å²) in [5.74, 6) is 1.39. The van der Waals surface area contributed by atoms with Crippen LogP contribution in [0.15, 0.2) is 49.2 Å². The Morgan fingerprint density at radius 2 is 2.06 bits per heavy atom. The minimum absolute atomic E-state index is 0.164. The Morgan fingerprint density at radius 3 is 2.85 bits per heavy atom. The van der Waals surface area contributed by atoms with Crippen LogP contribution in [0, 0.1) is 5.82 Å². The molecule has 5 rings (SSSR count). The third-order valence-electron chi connectivity index (χ3n) is 5.60. The molecule has 0 aliphatic heterocycles. The Bertz CT molecular complexity index is 1440. The van der Waals surface area contributed by atoms with E-state index in [1.165, 1.54) is 11.6 Å². The lowest BCUT2D eigenvalue weighted by Gasteiger charge is -2.11. The van der Waals surface area contributed by atoms with E-state index < -0.39 is 5.82 Å². The van der Waals surface area contributed by atoms with Gasteiger partial charge >= 0.3 is 0 Å². The molecule has 4 heterocycles. The molecule has 33 heavy (non-hydrogen) atoms. The third-order valence-corrected chi connectivity index (χ3v) is 5.60. The first kappa shape index (κ1) is 20.9. The Labute approximate surface area is 189 Å². The van der Waals surface area contributed by atoms with Crippen molar-refractivity contribution in [3.05, 3.63) is 60.6 Å². The van der Waals surface area contributed by atoms with E-state index in [4.69, 9.17) is 4.74 Å². The van der Waals surface area contributed by atoms with Crippen molar-refractivity contribution >= 4 is 27.9 Å². The number of hydrogen-bond donors (Lipinski definition) is 2. The van der Waals surface area contributed by atoms with Crippen LogP contribution in [0.4, 0.5) is 10.2 Å². The topological polar surface area (TPSA) is 93.5 Å². The number of methoxy groups -OCH3 is 1. The summed E-state index contributed by atoms with van der Waals surface area (Å²) in [6, 6.07) is 7.53. The molecule has 0 fully saturated rings. The first-order valence-corrected chi connectivity index (χ1v) is 10.8. The number of imidazole rings is 1. The van der Waals surface area contributed by atoms with Crippen LogP contribution >= 0.6 is 0 Å². The van der Waals surface area contributed by atoms with Gasteiger partial charge in [-0.25, -0.2) is 19.3 Å². The van der Waals surface area contributed by atoms with Crippen molar-refractivity contribution in [1.82, 2.24) is 29.5 Å². The van der Waals surface area contributed by atoms with Crippen molar-refractivity contribution in [2.24, 2.45) is 0 Å². The quantitative estimate of drug-likeness (QED) is 0.375. The summed E-state index contributed by atoms with van der Waals surface area (Å²) in [5, 5.41) is 4.53. The summed E-state index contributed by atoms with van der Waals surface area (Å²) in [5.41, 5.74) is 4.12. The number of aromatic nitrogens is 6. The van der Waals surface area contributed by atoms with E-state index in [1.54, 1.807) is 19.6 Å². The van der Waals surface area contributed by atoms with Gasteiger partial charge in [0.25, 0.3) is 0 Å². The van der Waals surface area contributed by atoms with Gasteiger partial charge in [0.1, 0.15) is 17.1 Å². The molecular formula is C24H24FN7O. The molecule has 0 radical (unpaired) electrons. The largest absolute Gasteiger partial charge is 0.497 e. The van der Waals surface area contributed by atoms with E-state index in [-0.39, 0.29) is 6.04 Å². The maximum Gasteiger partial charge on any atom is 0.166 e. The average molecular weight is 446 g/mol. The highest BCUT2D eigenvalue weighted by Crippen LogP contribution is 2.27. The highest BCUT2D eigenvalue weighted by Gasteiger charge is 2.16. The SMILES string of the molecule is COc1ccc2[nH]cc(CCNc3nc(-c4cncc(F)c4)nc4c3ncn4C(C)C)c2c1. The fraction of sp³-hybridized carbons (Fsp3) is 0.250. The number of aromatic amines is 1. The predicted octanol–water partition coefficient (Wildman–Crippen LogP) is 4.75. The molecule has 5 aromatic rings. The van der Waals surface area contributed by atoms with Crippen LogP contribution in [0.25, 0.3) is 33.5 Å². The number of ether oxygens (including phenoxy) is 1. The van der Waals surface area contributed by atoms with E-state index in [1.807, 2.05) is 29.0 Å². The fourth-order valence-electron chi connectivity index (χ4n) is 3.89. The minimum Gasteiger partial charge on any atom is -0.497 e. The first-order valence-electron chi connectivity index (χ1n) is 10.8. The zero-order chi connectivity index (χ0) is 22.9. The molecule has 0 aliphatic rings. The Morgan fingerprint density at radius 1 is 1.18 bits per heavy atom. The molecule has 8 nitrogen and oxygen atoms in total. The van der Waals surface area contributed by atoms with Crippen LogP contribution in [0.1, 0.15) is 25.5 Å². The number of benzene rings is 1. The number of nitrogens with one attached hydrogen (secondary N) is 2. The van der Waals surface area contributed by atoms with Crippen LogP contribution in [-0.2, 0) is 6.42 Å². The molecule has 0 atom stereocenters. The summed E-state index contributed by atoms with van der Waals surface area (Å²) in [4.78, 5) is 21.1. The number of hydrogen-bond acceptors (Lipinski definition) is 6. The molecular weight excluding hydrogens is 421 g/mol. The summed E-state index contributed by atoms with van der Waals surface area (Å²) in [6.45, 7) is 4.75. The fourth-order valence-corrected chi connectivity index (χ4v) is 3.89. The second-order valence-electron chi connectivity index (χ2n) is 8.11. The van der Waals surface area contributed by atoms with Crippen molar-refractivity contribution in [3.63, 3.8) is 0 Å². The minimum atomic E-state index is -0.433. The van der Waals surface area contributed by atoms with Gasteiger partial charge in [0.15, 0.2) is 17.3 Å². The molecule has 2 N–H and O–H groups in total. The van der Waals surface area contributed by atoms with E-state index in [0.29, 0.717) is 34.9 Å². The lowest BCUT2D eigenvalue weighted by atomic mass is 10.1. The van der Waals surface area contributed by atoms with Crippen molar-refractivity contribution in [3.8, 4) is 17.1 Å². The second kappa shape index (κ2) is 8.50. The van der Waals surface area contributed by atoms with Gasteiger partial charge in [-0.1, -0.05) is 0 Å². The number of anilines is 1. The zero-order valence-corrected chi connectivity index (χ0v) is 18.6. The van der Waals surface area contributed by atoms with Crippen molar-refractivity contribution < 1.29 is 9.13 Å². The molecule has 168 valence electrons. The lowest BCUT2D eigenvalue weighted by Crippen LogP contribution is -2.09. The highest BCUT2D eigenvalue weighted by molar-refractivity contribution is 5.86. The molecule has 0 aliphatic carbocycles. The van der Waals surface area contributed by atoms with Gasteiger partial charge in [-0.2, -0.15) is 0 Å². The number of fused-ring (bicyclic) bond motifs is 2. The van der Waals surface area contributed by atoms with Gasteiger partial charge in [0.2, 0.25) is 0 Å². The molecule has 0 saturated carbocycles. The van der Waals surface area contributed by atoms with Crippen molar-refractivity contribution in [2.45, 2.75) is 26.3 Å². The average Bonchev–Trinajstić information content (AvgIpc) is 3.43. The van der Waals surface area contributed by atoms with E-state index in [9.17, 15) is 4.39 Å². The number of nitrogens with zero attached hydrogens (tertiary/aromatic N) is 5. The van der Waals surface area contributed by atoms with Gasteiger partial charge in [0.05, 0.1) is 19.6 Å². The van der Waals surface area contributed by atoms with E-state index in [0.717, 1.165) is 29.3 Å². The number of halogens is 1. The smallest absolute Gasteiger partial charge is 0.166 e. The van der Waals surface area contributed by atoms with Gasteiger partial charge in [-0.15, -0.1) is 0 Å². The Kier molecular flexibility index (Phi) is 5.37. The van der Waals surface area contributed by atoms with Crippen LogP contribution < -0.4 is 10.1 Å². The van der Waals surface area contributed by atoms with Crippen molar-refractivity contribution in [1.29, 1.82) is 0 Å². The molecule has 1 aromatic carbocycles. The highest BCUT2D eigenvalue weighted by atomic mass is 19.1. The summed E-state index contributed by atoms with van der Waals surface area (Å²) in [6.07, 6.45) is 7.26. The van der Waals surface area contributed by atoms with E-state index in [2.05, 4.69) is 44.1 Å². The molecule has 0 unspecified atom stereocenters. The summed E-state index contributed by atoms with van der Waals surface area (Å²) >= 11 is 0.